The number of nitrogens with one attached hydrogen (secondary N) is 2. The van der Waals surface area contributed by atoms with E-state index in [1.54, 1.807) is 14.0 Å². The molecule has 21 heavy (non-hydrogen) atoms. The van der Waals surface area contributed by atoms with Gasteiger partial charge in [0.15, 0.2) is 0 Å². The molecule has 1 saturated carbocycles. The van der Waals surface area contributed by atoms with E-state index in [9.17, 15) is 10.1 Å². The highest BCUT2D eigenvalue weighted by Gasteiger charge is 2.33. The highest BCUT2D eigenvalue weighted by molar-refractivity contribution is 5.61. The average molecular weight is 293 g/mol. The van der Waals surface area contributed by atoms with Gasteiger partial charge in [0.2, 0.25) is 11.8 Å². The Bertz CT molecular complexity index is 534. The number of anilines is 2. The first-order valence-electron chi connectivity index (χ1n) is 7.45. The third-order valence-electron chi connectivity index (χ3n) is 4.54. The SMILES string of the molecule is CCC1CCC(Nc2nc(NC)nc(C)c2[N+](=O)[O-])C1C. The Morgan fingerprint density at radius 3 is 2.62 bits per heavy atom. The molecule has 116 valence electrons. The van der Waals surface area contributed by atoms with Gasteiger partial charge in [-0.25, -0.2) is 4.98 Å². The topological polar surface area (TPSA) is 93.0 Å². The van der Waals surface area contributed by atoms with Crippen molar-refractivity contribution in [1.82, 2.24) is 9.97 Å². The van der Waals surface area contributed by atoms with Crippen LogP contribution in [-0.4, -0.2) is 28.0 Å². The minimum Gasteiger partial charge on any atom is -0.361 e. The molecule has 1 aromatic heterocycles. The number of aromatic nitrogens is 2. The first-order chi connectivity index (χ1) is 9.97. The second-order valence-corrected chi connectivity index (χ2v) is 5.69. The summed E-state index contributed by atoms with van der Waals surface area (Å²) < 4.78 is 0. The fourth-order valence-electron chi connectivity index (χ4n) is 3.20. The molecule has 1 aromatic rings. The second kappa shape index (κ2) is 6.24. The summed E-state index contributed by atoms with van der Waals surface area (Å²) in [6.07, 6.45) is 3.33. The molecule has 0 spiro atoms. The van der Waals surface area contributed by atoms with Crippen LogP contribution >= 0.6 is 0 Å². The molecule has 0 bridgehead atoms. The third-order valence-corrected chi connectivity index (χ3v) is 4.54. The quantitative estimate of drug-likeness (QED) is 0.640. The largest absolute Gasteiger partial charge is 0.361 e. The second-order valence-electron chi connectivity index (χ2n) is 5.69. The Morgan fingerprint density at radius 1 is 1.38 bits per heavy atom. The van der Waals surface area contributed by atoms with Crippen LogP contribution in [0, 0.1) is 28.9 Å². The zero-order valence-electron chi connectivity index (χ0n) is 13.0. The molecular weight excluding hydrogens is 270 g/mol. The van der Waals surface area contributed by atoms with Gasteiger partial charge in [-0.3, -0.25) is 10.1 Å². The molecular formula is C14H23N5O2. The van der Waals surface area contributed by atoms with E-state index in [2.05, 4.69) is 34.4 Å². The Labute approximate surface area is 124 Å². The van der Waals surface area contributed by atoms with Crippen LogP contribution in [0.1, 0.15) is 38.8 Å². The lowest BCUT2D eigenvalue weighted by molar-refractivity contribution is -0.385. The van der Waals surface area contributed by atoms with E-state index in [0.29, 0.717) is 29.3 Å². The van der Waals surface area contributed by atoms with Gasteiger partial charge in [-0.2, -0.15) is 4.98 Å². The molecule has 0 aliphatic heterocycles. The molecule has 1 heterocycles. The van der Waals surface area contributed by atoms with Crippen LogP contribution in [0.4, 0.5) is 17.5 Å². The van der Waals surface area contributed by atoms with Crippen LogP contribution in [0.25, 0.3) is 0 Å². The molecule has 7 heteroatoms. The smallest absolute Gasteiger partial charge is 0.332 e. The summed E-state index contributed by atoms with van der Waals surface area (Å²) in [5.74, 6) is 1.89. The summed E-state index contributed by atoms with van der Waals surface area (Å²) in [4.78, 5) is 19.2. The van der Waals surface area contributed by atoms with Crippen LogP contribution in [0.3, 0.4) is 0 Å². The highest BCUT2D eigenvalue weighted by atomic mass is 16.6. The lowest BCUT2D eigenvalue weighted by Gasteiger charge is -2.21. The number of nitrogens with zero attached hydrogens (tertiary/aromatic N) is 3. The maximum Gasteiger partial charge on any atom is 0.332 e. The predicted octanol–water partition coefficient (Wildman–Crippen LogP) is 2.97. The van der Waals surface area contributed by atoms with Crippen molar-refractivity contribution in [1.29, 1.82) is 0 Å². The minimum absolute atomic E-state index is 0.0267. The number of hydrogen-bond acceptors (Lipinski definition) is 6. The third kappa shape index (κ3) is 3.06. The highest BCUT2D eigenvalue weighted by Crippen LogP contribution is 2.37. The van der Waals surface area contributed by atoms with Crippen molar-refractivity contribution in [3.05, 3.63) is 15.8 Å². The Balaban J connectivity index is 2.30. The normalized spacial score (nSPS) is 24.9. The Hall–Kier alpha value is -1.92. The minimum atomic E-state index is -0.409. The van der Waals surface area contributed by atoms with Crippen molar-refractivity contribution in [2.75, 3.05) is 17.7 Å². The van der Waals surface area contributed by atoms with E-state index >= 15 is 0 Å². The summed E-state index contributed by atoms with van der Waals surface area (Å²) in [5, 5.41) is 17.4. The van der Waals surface area contributed by atoms with Crippen LogP contribution < -0.4 is 10.6 Å². The van der Waals surface area contributed by atoms with Crippen molar-refractivity contribution in [2.45, 2.75) is 46.1 Å². The van der Waals surface area contributed by atoms with Gasteiger partial charge in [0.05, 0.1) is 4.92 Å². The van der Waals surface area contributed by atoms with Crippen LogP contribution in [0.2, 0.25) is 0 Å². The van der Waals surface area contributed by atoms with Crippen LogP contribution in [0.15, 0.2) is 0 Å². The fraction of sp³-hybridized carbons (Fsp3) is 0.714. The van der Waals surface area contributed by atoms with Crippen LogP contribution in [0.5, 0.6) is 0 Å². The average Bonchev–Trinajstić information content (AvgIpc) is 2.78. The standard InChI is InChI=1S/C14H23N5O2/c1-5-10-6-7-11(8(10)2)17-13-12(19(20)21)9(3)16-14(15-4)18-13/h8,10-11H,5-7H2,1-4H3,(H2,15,16,17,18). The number of aryl methyl sites for hydroxylation is 1. The van der Waals surface area contributed by atoms with Gasteiger partial charge in [-0.15, -0.1) is 0 Å². The van der Waals surface area contributed by atoms with Gasteiger partial charge in [0.25, 0.3) is 0 Å². The van der Waals surface area contributed by atoms with Gasteiger partial charge in [-0.1, -0.05) is 20.3 Å². The molecule has 0 radical (unpaired) electrons. The lowest BCUT2D eigenvalue weighted by Crippen LogP contribution is -2.26. The Kier molecular flexibility index (Phi) is 4.59. The number of hydrogen-bond donors (Lipinski definition) is 2. The first kappa shape index (κ1) is 15.5. The zero-order chi connectivity index (χ0) is 15.6. The van der Waals surface area contributed by atoms with E-state index in [0.717, 1.165) is 19.3 Å². The summed E-state index contributed by atoms with van der Waals surface area (Å²) in [6.45, 7) is 6.04. The van der Waals surface area contributed by atoms with E-state index in [-0.39, 0.29) is 11.7 Å². The van der Waals surface area contributed by atoms with E-state index < -0.39 is 4.92 Å². The first-order valence-corrected chi connectivity index (χ1v) is 7.45. The van der Waals surface area contributed by atoms with Crippen LogP contribution in [-0.2, 0) is 0 Å². The van der Waals surface area contributed by atoms with Crippen molar-refractivity contribution >= 4 is 17.5 Å². The predicted molar refractivity (Wildman–Crippen MR) is 82.6 cm³/mol. The fourth-order valence-corrected chi connectivity index (χ4v) is 3.20. The molecule has 0 aromatic carbocycles. The summed E-state index contributed by atoms with van der Waals surface area (Å²) >= 11 is 0. The molecule has 1 aliphatic carbocycles. The van der Waals surface area contributed by atoms with Gasteiger partial charge >= 0.3 is 5.69 Å². The van der Waals surface area contributed by atoms with Crippen molar-refractivity contribution < 1.29 is 4.92 Å². The molecule has 3 unspecified atom stereocenters. The van der Waals surface area contributed by atoms with Crippen molar-refractivity contribution in [2.24, 2.45) is 11.8 Å². The van der Waals surface area contributed by atoms with E-state index in [1.165, 1.54) is 0 Å². The molecule has 2 N–H and O–H groups in total. The monoisotopic (exact) mass is 293 g/mol. The van der Waals surface area contributed by atoms with Crippen molar-refractivity contribution in [3.8, 4) is 0 Å². The molecule has 1 aliphatic rings. The van der Waals surface area contributed by atoms with Gasteiger partial charge in [-0.05, 0) is 31.6 Å². The maximum absolute atomic E-state index is 11.3. The van der Waals surface area contributed by atoms with E-state index in [1.807, 2.05) is 0 Å². The number of nitro groups is 1. The maximum atomic E-state index is 11.3. The van der Waals surface area contributed by atoms with Crippen molar-refractivity contribution in [3.63, 3.8) is 0 Å². The van der Waals surface area contributed by atoms with Gasteiger partial charge in [0.1, 0.15) is 5.69 Å². The Morgan fingerprint density at radius 2 is 2.10 bits per heavy atom. The van der Waals surface area contributed by atoms with E-state index in [4.69, 9.17) is 0 Å². The lowest BCUT2D eigenvalue weighted by atomic mass is 9.93. The summed E-state index contributed by atoms with van der Waals surface area (Å²) in [6, 6.07) is 0.229. The zero-order valence-corrected chi connectivity index (χ0v) is 13.0. The molecule has 2 rings (SSSR count). The number of rotatable bonds is 5. The van der Waals surface area contributed by atoms with Gasteiger partial charge in [0, 0.05) is 13.1 Å². The molecule has 0 amide bonds. The summed E-state index contributed by atoms with van der Waals surface area (Å²) in [7, 11) is 1.70. The molecule has 3 atom stereocenters. The van der Waals surface area contributed by atoms with Gasteiger partial charge < -0.3 is 10.6 Å². The summed E-state index contributed by atoms with van der Waals surface area (Å²) in [5.41, 5.74) is 0.348. The molecule has 7 nitrogen and oxygen atoms in total. The molecule has 0 saturated heterocycles. The molecule has 1 fully saturated rings.